The van der Waals surface area contributed by atoms with Gasteiger partial charge in [-0.3, -0.25) is 14.7 Å². The van der Waals surface area contributed by atoms with Crippen LogP contribution in [-0.2, 0) is 29.2 Å². The van der Waals surface area contributed by atoms with E-state index < -0.39 is 12.3 Å². The average Bonchev–Trinajstić information content (AvgIpc) is 3.35. The van der Waals surface area contributed by atoms with Gasteiger partial charge in [-0.05, 0) is 59.4 Å². The number of carbonyl (C=O) groups excluding carboxylic acids is 1. The number of benzene rings is 3. The standard InChI is InChI=1S/C34H34N4O4/c1-23-12-28(19-38-20-30(40)14-34(38)42-22-39)33(41-21-25-13-29(35-3)18-36-16-25)15-32(23)37-17-27-10-7-11-31(24(27)2)26-8-5-4-6-9-26/h4-13,15-16,18,22,30,34,37,40H,14,17,19-21H2,1-2H3/t30-,34-/m1/s1. The Kier molecular flexibility index (Phi) is 9.12. The van der Waals surface area contributed by atoms with Gasteiger partial charge in [-0.15, -0.1) is 0 Å². The molecule has 8 nitrogen and oxygen atoms in total. The maximum absolute atomic E-state index is 11.1. The summed E-state index contributed by atoms with van der Waals surface area (Å²) in [5.74, 6) is 0.664. The molecule has 4 aromatic rings. The van der Waals surface area contributed by atoms with Crippen LogP contribution in [0.15, 0.2) is 79.1 Å². The van der Waals surface area contributed by atoms with E-state index in [0.717, 1.165) is 22.4 Å². The van der Waals surface area contributed by atoms with Gasteiger partial charge in [0.1, 0.15) is 12.4 Å². The first-order valence-corrected chi connectivity index (χ1v) is 13.9. The van der Waals surface area contributed by atoms with E-state index in [-0.39, 0.29) is 6.61 Å². The maximum atomic E-state index is 11.1. The quantitative estimate of drug-likeness (QED) is 0.167. The van der Waals surface area contributed by atoms with Gasteiger partial charge in [-0.2, -0.15) is 0 Å². The normalized spacial score (nSPS) is 16.5. The number of hydrogen-bond donors (Lipinski definition) is 2. The number of aliphatic hydroxyl groups excluding tert-OH is 1. The molecule has 0 unspecified atom stereocenters. The highest BCUT2D eigenvalue weighted by Gasteiger charge is 2.33. The Bertz CT molecular complexity index is 1580. The van der Waals surface area contributed by atoms with Gasteiger partial charge in [0.05, 0.1) is 12.7 Å². The van der Waals surface area contributed by atoms with Crippen LogP contribution in [-0.4, -0.2) is 40.3 Å². The summed E-state index contributed by atoms with van der Waals surface area (Å²) in [5.41, 5.74) is 8.95. The number of anilines is 1. The van der Waals surface area contributed by atoms with Crippen LogP contribution in [0.4, 0.5) is 11.4 Å². The van der Waals surface area contributed by atoms with Crippen LogP contribution in [0.2, 0.25) is 0 Å². The van der Waals surface area contributed by atoms with Gasteiger partial charge in [0.25, 0.3) is 6.47 Å². The Morgan fingerprint density at radius 2 is 1.93 bits per heavy atom. The molecule has 2 atom stereocenters. The third-order valence-corrected chi connectivity index (χ3v) is 7.62. The summed E-state index contributed by atoms with van der Waals surface area (Å²) in [7, 11) is 0. The van der Waals surface area contributed by atoms with Gasteiger partial charge in [-0.25, -0.2) is 4.85 Å². The van der Waals surface area contributed by atoms with Gasteiger partial charge < -0.3 is 19.9 Å². The number of aromatic nitrogens is 1. The molecule has 5 rings (SSSR count). The fourth-order valence-corrected chi connectivity index (χ4v) is 5.40. The second kappa shape index (κ2) is 13.3. The molecule has 42 heavy (non-hydrogen) atoms. The van der Waals surface area contributed by atoms with Crippen LogP contribution in [0.1, 0.15) is 34.2 Å². The molecule has 3 aromatic carbocycles. The number of likely N-dealkylation sites (tertiary alicyclic amines) is 1. The number of aliphatic hydroxyl groups is 1. The largest absolute Gasteiger partial charge is 0.488 e. The summed E-state index contributed by atoms with van der Waals surface area (Å²) in [6.07, 6.45) is 2.51. The van der Waals surface area contributed by atoms with Crippen LogP contribution >= 0.6 is 0 Å². The Labute approximate surface area is 246 Å². The number of rotatable bonds is 11. The van der Waals surface area contributed by atoms with Crippen LogP contribution < -0.4 is 10.1 Å². The Morgan fingerprint density at radius 3 is 2.71 bits per heavy atom. The molecule has 214 valence electrons. The van der Waals surface area contributed by atoms with E-state index in [1.807, 2.05) is 24.0 Å². The topological polar surface area (TPSA) is 88.3 Å². The molecule has 0 spiro atoms. The Morgan fingerprint density at radius 1 is 1.10 bits per heavy atom. The minimum absolute atomic E-state index is 0.237. The predicted molar refractivity (Wildman–Crippen MR) is 162 cm³/mol. The highest BCUT2D eigenvalue weighted by atomic mass is 16.5. The van der Waals surface area contributed by atoms with Gasteiger partial charge in [-0.1, -0.05) is 48.5 Å². The summed E-state index contributed by atoms with van der Waals surface area (Å²) >= 11 is 0. The monoisotopic (exact) mass is 562 g/mol. The van der Waals surface area contributed by atoms with Crippen molar-refractivity contribution in [3.8, 4) is 16.9 Å². The lowest BCUT2D eigenvalue weighted by Crippen LogP contribution is -2.31. The number of aryl methyl sites for hydroxylation is 1. The van der Waals surface area contributed by atoms with Crippen molar-refractivity contribution in [2.75, 3.05) is 11.9 Å². The molecule has 0 bridgehead atoms. The van der Waals surface area contributed by atoms with Gasteiger partial charge >= 0.3 is 0 Å². The molecule has 1 fully saturated rings. The summed E-state index contributed by atoms with van der Waals surface area (Å²) in [5, 5.41) is 13.8. The number of carbonyl (C=O) groups is 1. The van der Waals surface area contributed by atoms with E-state index in [1.165, 1.54) is 28.5 Å². The SMILES string of the molecule is [C-]#[N+]c1cncc(COc2cc(NCc3cccc(-c4ccccc4)c3C)c(C)cc2CN2C[C@H](O)C[C@H]2OC=O)c1. The molecule has 1 aliphatic rings. The first-order chi connectivity index (χ1) is 20.4. The van der Waals surface area contributed by atoms with Crippen molar-refractivity contribution in [3.63, 3.8) is 0 Å². The van der Waals surface area contributed by atoms with Crippen molar-refractivity contribution in [3.05, 3.63) is 118 Å². The minimum atomic E-state index is -0.571. The molecule has 2 N–H and O–H groups in total. The first-order valence-electron chi connectivity index (χ1n) is 13.9. The highest BCUT2D eigenvalue weighted by Crippen LogP contribution is 2.33. The molecule has 0 amide bonds. The lowest BCUT2D eigenvalue weighted by atomic mass is 9.96. The molecule has 1 saturated heterocycles. The second-order valence-corrected chi connectivity index (χ2v) is 10.5. The predicted octanol–water partition coefficient (Wildman–Crippen LogP) is 6.17. The van der Waals surface area contributed by atoms with E-state index in [9.17, 15) is 9.90 Å². The zero-order valence-corrected chi connectivity index (χ0v) is 23.8. The fourth-order valence-electron chi connectivity index (χ4n) is 5.40. The number of hydrogen-bond acceptors (Lipinski definition) is 7. The van der Waals surface area contributed by atoms with Crippen molar-refractivity contribution in [2.45, 2.75) is 52.3 Å². The van der Waals surface area contributed by atoms with E-state index in [4.69, 9.17) is 16.0 Å². The lowest BCUT2D eigenvalue weighted by Gasteiger charge is -2.24. The number of ether oxygens (including phenoxy) is 2. The van der Waals surface area contributed by atoms with E-state index >= 15 is 0 Å². The van der Waals surface area contributed by atoms with Crippen molar-refractivity contribution >= 4 is 17.8 Å². The Balaban J connectivity index is 1.40. The third kappa shape index (κ3) is 6.77. The first kappa shape index (κ1) is 28.8. The highest BCUT2D eigenvalue weighted by molar-refractivity contribution is 5.69. The Hall–Kier alpha value is -4.71. The number of nitrogens with zero attached hydrogens (tertiary/aromatic N) is 3. The molecule has 8 heteroatoms. The van der Waals surface area contributed by atoms with Crippen molar-refractivity contribution in [1.29, 1.82) is 0 Å². The van der Waals surface area contributed by atoms with Crippen LogP contribution in [0, 0.1) is 20.4 Å². The molecule has 2 heterocycles. The molecule has 1 aliphatic heterocycles. The van der Waals surface area contributed by atoms with Crippen LogP contribution in [0.5, 0.6) is 5.75 Å². The number of β-amino-alcohol motifs (C(OH)–C–C–N with tert-alkyl or cyclic N) is 1. The fraction of sp³-hybridized carbons (Fsp3) is 0.265. The summed E-state index contributed by atoms with van der Waals surface area (Å²) in [6.45, 7) is 13.6. The van der Waals surface area contributed by atoms with Gasteiger partial charge in [0.2, 0.25) is 5.69 Å². The maximum Gasteiger partial charge on any atom is 0.294 e. The second-order valence-electron chi connectivity index (χ2n) is 10.5. The zero-order chi connectivity index (χ0) is 29.5. The number of pyridine rings is 1. The summed E-state index contributed by atoms with van der Waals surface area (Å²) in [6, 6.07) is 22.6. The zero-order valence-electron chi connectivity index (χ0n) is 23.8. The molecule has 0 radical (unpaired) electrons. The molecular formula is C34H34N4O4. The summed E-state index contributed by atoms with van der Waals surface area (Å²) < 4.78 is 11.6. The molecule has 0 aliphatic carbocycles. The van der Waals surface area contributed by atoms with Crippen molar-refractivity contribution in [1.82, 2.24) is 9.88 Å². The van der Waals surface area contributed by atoms with E-state index in [2.05, 4.69) is 70.6 Å². The van der Waals surface area contributed by atoms with Crippen molar-refractivity contribution in [2.24, 2.45) is 0 Å². The van der Waals surface area contributed by atoms with Crippen molar-refractivity contribution < 1.29 is 19.4 Å². The average molecular weight is 563 g/mol. The van der Waals surface area contributed by atoms with Crippen LogP contribution in [0.25, 0.3) is 16.0 Å². The van der Waals surface area contributed by atoms with Crippen LogP contribution in [0.3, 0.4) is 0 Å². The lowest BCUT2D eigenvalue weighted by molar-refractivity contribution is -0.141. The summed E-state index contributed by atoms with van der Waals surface area (Å²) in [4.78, 5) is 20.6. The molecular weight excluding hydrogens is 528 g/mol. The van der Waals surface area contributed by atoms with Gasteiger partial charge in [0.15, 0.2) is 6.23 Å². The minimum Gasteiger partial charge on any atom is -0.488 e. The molecule has 1 aromatic heterocycles. The third-order valence-electron chi connectivity index (χ3n) is 7.62. The van der Waals surface area contributed by atoms with E-state index in [1.54, 1.807) is 12.3 Å². The van der Waals surface area contributed by atoms with E-state index in [0.29, 0.717) is 44.0 Å². The number of nitrogens with one attached hydrogen (secondary N) is 1. The molecule has 0 saturated carbocycles. The smallest absolute Gasteiger partial charge is 0.294 e. The van der Waals surface area contributed by atoms with Gasteiger partial charge in [0, 0.05) is 55.8 Å².